The van der Waals surface area contributed by atoms with E-state index in [4.69, 9.17) is 25.8 Å². The highest BCUT2D eigenvalue weighted by atomic mass is 35.5. The molecule has 14 heteroatoms. The first-order valence-electron chi connectivity index (χ1n) is 18.9. The Kier molecular flexibility index (Phi) is 11.0. The van der Waals surface area contributed by atoms with Crippen LogP contribution in [-0.4, -0.2) is 75.5 Å². The first kappa shape index (κ1) is 38.8. The normalized spacial score (nSPS) is 29.9. The van der Waals surface area contributed by atoms with Crippen molar-refractivity contribution < 1.29 is 32.8 Å². The number of esters is 1. The predicted molar refractivity (Wildman–Crippen MR) is 212 cm³/mol. The number of carbonyl (C=O) groups excluding carboxylic acids is 3. The highest BCUT2D eigenvalue weighted by molar-refractivity contribution is 8.07. The summed E-state index contributed by atoms with van der Waals surface area (Å²) in [5, 5.41) is 4.12. The molecule has 2 amide bonds. The number of aromatic nitrogens is 2. The van der Waals surface area contributed by atoms with E-state index in [0.717, 1.165) is 43.3 Å². The van der Waals surface area contributed by atoms with Crippen molar-refractivity contribution in [3.05, 3.63) is 82.0 Å². The molecule has 55 heavy (non-hydrogen) atoms. The minimum absolute atomic E-state index is 0.0761. The molecule has 1 spiro atoms. The Balaban J connectivity index is 1.33. The zero-order valence-electron chi connectivity index (χ0n) is 31.9. The fourth-order valence-corrected chi connectivity index (χ4v) is 10.5. The Morgan fingerprint density at radius 2 is 1.98 bits per heavy atom. The van der Waals surface area contributed by atoms with Crippen molar-refractivity contribution in [2.45, 2.75) is 76.1 Å². The van der Waals surface area contributed by atoms with Gasteiger partial charge < -0.3 is 19.1 Å². The summed E-state index contributed by atoms with van der Waals surface area (Å²) in [5.41, 5.74) is 4.21. The van der Waals surface area contributed by atoms with Gasteiger partial charge in [-0.1, -0.05) is 30.7 Å². The molecule has 0 saturated heterocycles. The number of benzene rings is 2. The highest BCUT2D eigenvalue weighted by Gasteiger charge is 2.45. The number of aryl methyl sites for hydroxylation is 2. The molecule has 2 aliphatic carbocycles. The van der Waals surface area contributed by atoms with E-state index in [-0.39, 0.29) is 46.1 Å². The Morgan fingerprint density at radius 1 is 1.16 bits per heavy atom. The number of amides is 2. The molecule has 3 heterocycles. The SMILES string of the molecule is COc1nn(C)cc1C(=O)N=CS1(=O)=NC(=O)c2ccc3c(c2)N(C[C@@H]2CC[C@H]2[C@@H](OC(C)=O)/C=C/C[C@H](C)[C@H]1C)C[C@@]1(CCCc2cc(Cl)ccc21)CO3. The summed E-state index contributed by atoms with van der Waals surface area (Å²) in [5.74, 6) is -0.996. The molecule has 3 aromatic rings. The monoisotopic (exact) mass is 789 g/mol. The minimum Gasteiger partial charge on any atom is -0.490 e. The van der Waals surface area contributed by atoms with Crippen LogP contribution in [0.1, 0.15) is 84.7 Å². The van der Waals surface area contributed by atoms with Crippen molar-refractivity contribution in [3.8, 4) is 11.6 Å². The van der Waals surface area contributed by atoms with E-state index < -0.39 is 32.9 Å². The average molecular weight is 790 g/mol. The van der Waals surface area contributed by atoms with Gasteiger partial charge in [-0.15, -0.1) is 5.10 Å². The number of methoxy groups -OCH3 is 1. The Bertz CT molecular complexity index is 2190. The molecule has 292 valence electrons. The largest absolute Gasteiger partial charge is 0.490 e. The van der Waals surface area contributed by atoms with Gasteiger partial charge in [-0.25, -0.2) is 9.20 Å². The van der Waals surface area contributed by atoms with Crippen molar-refractivity contribution in [1.29, 1.82) is 0 Å². The van der Waals surface area contributed by atoms with Crippen molar-refractivity contribution >= 4 is 50.3 Å². The molecular formula is C41H48ClN5O7S. The molecule has 4 aliphatic rings. The molecule has 2 bridgehead atoms. The van der Waals surface area contributed by atoms with Gasteiger partial charge in [-0.3, -0.25) is 19.1 Å². The van der Waals surface area contributed by atoms with E-state index >= 15 is 0 Å². The van der Waals surface area contributed by atoms with Gasteiger partial charge in [0.1, 0.15) is 23.0 Å². The molecule has 7 rings (SSSR count). The smallest absolute Gasteiger partial charge is 0.303 e. The van der Waals surface area contributed by atoms with Crippen LogP contribution < -0.4 is 14.4 Å². The van der Waals surface area contributed by atoms with Crippen molar-refractivity contribution in [3.63, 3.8) is 0 Å². The van der Waals surface area contributed by atoms with E-state index in [1.54, 1.807) is 32.2 Å². The minimum atomic E-state index is -3.58. The second-order valence-electron chi connectivity index (χ2n) is 15.5. The van der Waals surface area contributed by atoms with Crippen LogP contribution in [0.5, 0.6) is 11.6 Å². The number of ether oxygens (including phenoxy) is 3. The number of fused-ring (bicyclic) bond motifs is 4. The highest BCUT2D eigenvalue weighted by Crippen LogP contribution is 2.47. The van der Waals surface area contributed by atoms with Gasteiger partial charge in [-0.2, -0.15) is 4.36 Å². The number of carbonyl (C=O) groups is 3. The summed E-state index contributed by atoms with van der Waals surface area (Å²) in [7, 11) is -0.545. The number of anilines is 1. The van der Waals surface area contributed by atoms with Crippen LogP contribution in [0.15, 0.2) is 64.1 Å². The lowest BCUT2D eigenvalue weighted by molar-refractivity contribution is -0.149. The van der Waals surface area contributed by atoms with Crippen LogP contribution in [0.2, 0.25) is 5.02 Å². The Morgan fingerprint density at radius 3 is 2.73 bits per heavy atom. The van der Waals surface area contributed by atoms with Gasteiger partial charge >= 0.3 is 5.97 Å². The van der Waals surface area contributed by atoms with Gasteiger partial charge in [-0.05, 0) is 105 Å². The molecule has 2 aliphatic heterocycles. The summed E-state index contributed by atoms with van der Waals surface area (Å²) in [6.45, 7) is 6.83. The molecule has 1 saturated carbocycles. The molecule has 12 nitrogen and oxygen atoms in total. The third kappa shape index (κ3) is 7.82. The summed E-state index contributed by atoms with van der Waals surface area (Å²) >= 11 is 6.46. The van der Waals surface area contributed by atoms with Gasteiger partial charge in [0.25, 0.3) is 11.8 Å². The van der Waals surface area contributed by atoms with Crippen molar-refractivity contribution in [1.82, 2.24) is 9.78 Å². The first-order valence-corrected chi connectivity index (χ1v) is 20.9. The third-order valence-corrected chi connectivity index (χ3v) is 14.5. The first-order chi connectivity index (χ1) is 26.3. The average Bonchev–Trinajstić information content (AvgIpc) is 3.46. The zero-order valence-corrected chi connectivity index (χ0v) is 33.5. The number of hydrogen-bond donors (Lipinski definition) is 0. The second-order valence-corrected chi connectivity index (χ2v) is 18.3. The maximum Gasteiger partial charge on any atom is 0.303 e. The predicted octanol–water partition coefficient (Wildman–Crippen LogP) is 6.97. The Labute approximate surface area is 327 Å². The van der Waals surface area contributed by atoms with Gasteiger partial charge in [0.2, 0.25) is 5.88 Å². The third-order valence-electron chi connectivity index (χ3n) is 11.9. The van der Waals surface area contributed by atoms with E-state index in [0.29, 0.717) is 36.9 Å². The van der Waals surface area contributed by atoms with Crippen LogP contribution in [0, 0.1) is 17.8 Å². The number of aliphatic imine (C=N–C) groups is 1. The molecule has 1 aromatic heterocycles. The van der Waals surface area contributed by atoms with Crippen LogP contribution >= 0.6 is 11.6 Å². The van der Waals surface area contributed by atoms with Gasteiger partial charge in [0.05, 0.1) is 29.1 Å². The second kappa shape index (κ2) is 15.6. The number of halogens is 1. The van der Waals surface area contributed by atoms with Gasteiger partial charge in [0, 0.05) is 60.4 Å². The summed E-state index contributed by atoms with van der Waals surface area (Å²) in [4.78, 5) is 46.2. The van der Waals surface area contributed by atoms with Gasteiger partial charge in [0.15, 0.2) is 0 Å². The van der Waals surface area contributed by atoms with Crippen LogP contribution in [-0.2, 0) is 38.1 Å². The Hall–Kier alpha value is -4.49. The lowest BCUT2D eigenvalue weighted by atomic mass is 9.68. The van der Waals surface area contributed by atoms with Crippen LogP contribution in [0.25, 0.3) is 0 Å². The maximum atomic E-state index is 14.9. The number of allylic oxidation sites excluding steroid dienone is 1. The lowest BCUT2D eigenvalue weighted by Gasteiger charge is -2.46. The topological polar surface area (TPSA) is 142 Å². The van der Waals surface area contributed by atoms with Crippen LogP contribution in [0.3, 0.4) is 0 Å². The fourth-order valence-electron chi connectivity index (χ4n) is 8.54. The molecule has 7 atom stereocenters. The number of hydrogen-bond acceptors (Lipinski definition) is 9. The van der Waals surface area contributed by atoms with Crippen molar-refractivity contribution in [2.75, 3.05) is 31.7 Å². The summed E-state index contributed by atoms with van der Waals surface area (Å²) in [6.07, 6.45) is 10.1. The summed E-state index contributed by atoms with van der Waals surface area (Å²) in [6, 6.07) is 11.4. The van der Waals surface area contributed by atoms with Crippen molar-refractivity contribution in [2.24, 2.45) is 34.2 Å². The molecule has 0 radical (unpaired) electrons. The quantitative estimate of drug-likeness (QED) is 0.119. The fraction of sp³-hybridized carbons (Fsp3) is 0.488. The molecular weight excluding hydrogens is 742 g/mol. The zero-order chi connectivity index (χ0) is 39.1. The van der Waals surface area contributed by atoms with E-state index in [9.17, 15) is 18.6 Å². The standard InChI is InChI=1S/C41H48ClN5O7S/c1-25-8-6-10-36(54-27(3)48)32-14-11-30(32)20-47-22-41(17-7-9-28-18-31(42)13-15-34(28)41)23-53-37-16-12-29(19-35(37)47)38(49)45-55(51,26(25)2)24-43-39(50)33-21-46(4)44-40(33)52-5/h6,10,12-13,15-16,18-19,21,24-26,30,32,36H,7-9,11,14,17,20,22-23H2,1-5H3/b10-6+,43-24?/t25-,26+,30-,32+,36-,41-,55?/m0/s1. The molecule has 1 unspecified atom stereocenters. The number of nitrogens with zero attached hydrogens (tertiary/aromatic N) is 5. The maximum absolute atomic E-state index is 14.9. The van der Waals surface area contributed by atoms with E-state index in [1.807, 2.05) is 25.1 Å². The van der Waals surface area contributed by atoms with E-state index in [1.165, 1.54) is 36.0 Å². The van der Waals surface area contributed by atoms with E-state index in [2.05, 4.69) is 31.5 Å². The molecule has 1 fully saturated rings. The lowest BCUT2D eigenvalue weighted by Crippen LogP contribution is -2.49. The summed E-state index contributed by atoms with van der Waals surface area (Å²) < 4.78 is 38.5. The molecule has 2 aromatic carbocycles. The molecule has 0 N–H and O–H groups in total. The van der Waals surface area contributed by atoms with Crippen LogP contribution in [0.4, 0.5) is 5.69 Å². The number of rotatable bonds is 4.